The summed E-state index contributed by atoms with van der Waals surface area (Å²) < 4.78 is 70.0. The second kappa shape index (κ2) is 15.9. The number of esters is 1. The molecule has 0 aromatic heterocycles. The summed E-state index contributed by atoms with van der Waals surface area (Å²) in [5, 5.41) is 0. The minimum atomic E-state index is -4.68. The molecule has 0 aliphatic carbocycles. The Bertz CT molecular complexity index is 1090. The van der Waals surface area contributed by atoms with E-state index in [0.29, 0.717) is 11.3 Å². The molecule has 206 valence electrons. The second-order valence-electron chi connectivity index (χ2n) is 8.13. The molecule has 13 heteroatoms. The molecule has 2 N–H and O–H groups in total. The Morgan fingerprint density at radius 3 is 2.21 bits per heavy atom. The van der Waals surface area contributed by atoms with Crippen LogP contribution in [0.3, 0.4) is 0 Å². The molecule has 1 aliphatic heterocycles. The van der Waals surface area contributed by atoms with Gasteiger partial charge in [-0.15, -0.1) is 0 Å². The first kappa shape index (κ1) is 32.6. The van der Waals surface area contributed by atoms with Gasteiger partial charge in [0.05, 0.1) is 25.3 Å². The third-order valence-electron chi connectivity index (χ3n) is 5.62. The number of benzene rings is 2. The number of hydrogen-bond donors (Lipinski definition) is 2. The quantitative estimate of drug-likeness (QED) is 0.210. The van der Waals surface area contributed by atoms with Crippen LogP contribution in [0.1, 0.15) is 29.8 Å². The van der Waals surface area contributed by atoms with E-state index in [1.54, 1.807) is 75.6 Å². The normalized spacial score (nSPS) is 23.3. The molecule has 1 fully saturated rings. The first-order chi connectivity index (χ1) is 17.8. The van der Waals surface area contributed by atoms with E-state index in [4.69, 9.17) is 28.4 Å². The molecule has 1 heterocycles. The number of hydrogen-bond acceptors (Lipinski definition) is 9. The predicted octanol–water partition coefficient (Wildman–Crippen LogP) is 1.72. The molecule has 3 rings (SSSR count). The molecule has 0 radical (unpaired) electrons. The maximum atomic E-state index is 12.6. The fourth-order valence-electron chi connectivity index (χ4n) is 3.97. The Hall–Kier alpha value is -1.58. The summed E-state index contributed by atoms with van der Waals surface area (Å²) in [6.45, 7) is 3.71. The topological polar surface area (TPSA) is 139 Å². The first-order valence-corrected chi connectivity index (χ1v) is 13.3. The van der Waals surface area contributed by atoms with E-state index in [1.807, 2.05) is 0 Å². The van der Waals surface area contributed by atoms with Gasteiger partial charge in [0.25, 0.3) is 0 Å². The summed E-state index contributed by atoms with van der Waals surface area (Å²) in [5.41, 5.74) is 1.11. The third kappa shape index (κ3) is 9.56. The average Bonchev–Trinajstić information content (AvgIpc) is 2.88. The van der Waals surface area contributed by atoms with Crippen LogP contribution >= 0.6 is 0 Å². The van der Waals surface area contributed by atoms with Crippen LogP contribution < -0.4 is 9.46 Å². The molecular weight excluding hydrogens is 529 g/mol. The van der Waals surface area contributed by atoms with Crippen LogP contribution in [0, 0.1) is 0 Å². The molecule has 0 unspecified atom stereocenters. The Balaban J connectivity index is 0.00000507. The Kier molecular flexibility index (Phi) is 13.6. The van der Waals surface area contributed by atoms with Gasteiger partial charge in [-0.1, -0.05) is 30.3 Å². The van der Waals surface area contributed by atoms with Crippen LogP contribution in [0.25, 0.3) is 0 Å². The van der Waals surface area contributed by atoms with Crippen LogP contribution in [0.5, 0.6) is 5.75 Å². The zero-order chi connectivity index (χ0) is 26.8. The Labute approximate surface area is 245 Å². The van der Waals surface area contributed by atoms with Crippen molar-refractivity contribution in [1.29, 1.82) is 0 Å². The number of ether oxygens (including phenoxy) is 6. The van der Waals surface area contributed by atoms with E-state index < -0.39 is 46.9 Å². The fraction of sp³-hybridized carbons (Fsp3) is 0.480. The summed E-state index contributed by atoms with van der Waals surface area (Å²) >= 11 is 0. The Morgan fingerprint density at radius 2 is 1.63 bits per heavy atom. The molecule has 0 spiro atoms. The van der Waals surface area contributed by atoms with Crippen LogP contribution in [-0.2, 0) is 40.6 Å². The van der Waals surface area contributed by atoms with Crippen molar-refractivity contribution in [2.24, 2.45) is 0 Å². The molecule has 1 saturated heterocycles. The van der Waals surface area contributed by atoms with Gasteiger partial charge in [0.15, 0.2) is 6.29 Å². The van der Waals surface area contributed by atoms with Crippen molar-refractivity contribution in [3.8, 4) is 5.75 Å². The van der Waals surface area contributed by atoms with Gasteiger partial charge in [0, 0.05) is 13.2 Å². The zero-order valence-corrected chi connectivity index (χ0v) is 21.8. The second-order valence-corrected chi connectivity index (χ2v) is 9.31. The maximum absolute atomic E-state index is 12.6. The van der Waals surface area contributed by atoms with Gasteiger partial charge in [-0.3, -0.25) is 4.55 Å². The van der Waals surface area contributed by atoms with Gasteiger partial charge in [0.1, 0.15) is 30.7 Å². The Morgan fingerprint density at radius 1 is 0.974 bits per heavy atom. The number of nitrogens with one attached hydrogen (secondary N) is 1. The first-order valence-electron chi connectivity index (χ1n) is 11.9. The van der Waals surface area contributed by atoms with Crippen molar-refractivity contribution < 1.29 is 46.2 Å². The monoisotopic (exact) mass is 563 g/mol. The van der Waals surface area contributed by atoms with Crippen LogP contribution in [-0.4, -0.2) is 106 Å². The standard InChI is InChI=1S/C25H33NO10S.Na.H/c1-4-32-23-21(26-37(28,29)30)22(34-15-17-11-13-19(31-3)14-12-17)20(36-25(23)33-5-2)16-35-24(27)18-9-7-6-8-10-18;;/h6-14,20-23,25-26H,4-5,15-16H2,1-3H3,(H,28,29,30);;/t20-,21+,22-,23+,25+;;/m1../s1. The van der Waals surface area contributed by atoms with Crippen molar-refractivity contribution >= 4 is 45.8 Å². The van der Waals surface area contributed by atoms with Crippen molar-refractivity contribution in [2.45, 2.75) is 51.1 Å². The van der Waals surface area contributed by atoms with Gasteiger partial charge in [0.2, 0.25) is 0 Å². The summed E-state index contributed by atoms with van der Waals surface area (Å²) in [7, 11) is -3.13. The molecule has 38 heavy (non-hydrogen) atoms. The molecule has 0 amide bonds. The minimum absolute atomic E-state index is 0. The van der Waals surface area contributed by atoms with Gasteiger partial charge >= 0.3 is 45.8 Å². The number of carbonyl (C=O) groups excluding carboxylic acids is 1. The van der Waals surface area contributed by atoms with Crippen molar-refractivity contribution in [3.63, 3.8) is 0 Å². The van der Waals surface area contributed by atoms with Gasteiger partial charge in [-0.05, 0) is 43.7 Å². The van der Waals surface area contributed by atoms with E-state index >= 15 is 0 Å². The van der Waals surface area contributed by atoms with Crippen LogP contribution in [0.15, 0.2) is 54.6 Å². The summed E-state index contributed by atoms with van der Waals surface area (Å²) in [4.78, 5) is 12.6. The van der Waals surface area contributed by atoms with Gasteiger partial charge < -0.3 is 28.4 Å². The summed E-state index contributed by atoms with van der Waals surface area (Å²) in [6, 6.07) is 14.4. The SMILES string of the molecule is CCO[C@H]1O[C@H](COC(=O)c2ccccc2)[C@@H](OCc2ccc(OC)cc2)[C@H](NS(=O)(=O)O)[C@@H]1OCC.[NaH]. The predicted molar refractivity (Wildman–Crippen MR) is 140 cm³/mol. The zero-order valence-electron chi connectivity index (χ0n) is 20.9. The number of methoxy groups -OCH3 is 1. The fourth-order valence-corrected chi connectivity index (χ4v) is 4.58. The van der Waals surface area contributed by atoms with Crippen molar-refractivity contribution in [1.82, 2.24) is 4.72 Å². The average molecular weight is 564 g/mol. The van der Waals surface area contributed by atoms with E-state index in [9.17, 15) is 17.8 Å². The van der Waals surface area contributed by atoms with E-state index in [0.717, 1.165) is 5.56 Å². The molecule has 0 bridgehead atoms. The van der Waals surface area contributed by atoms with E-state index in [1.165, 1.54) is 0 Å². The number of rotatable bonds is 13. The summed E-state index contributed by atoms with van der Waals surface area (Å²) in [5.74, 6) is 0.0784. The number of carbonyl (C=O) groups is 1. The van der Waals surface area contributed by atoms with Crippen molar-refractivity contribution in [3.05, 3.63) is 65.7 Å². The van der Waals surface area contributed by atoms with Gasteiger partial charge in [-0.25, -0.2) is 4.79 Å². The molecule has 0 saturated carbocycles. The molecule has 5 atom stereocenters. The third-order valence-corrected chi connectivity index (χ3v) is 6.19. The van der Waals surface area contributed by atoms with Crippen LogP contribution in [0.4, 0.5) is 0 Å². The summed E-state index contributed by atoms with van der Waals surface area (Å²) in [6.07, 6.45) is -3.97. The van der Waals surface area contributed by atoms with E-state index in [2.05, 4.69) is 4.72 Å². The molecule has 2 aromatic rings. The molecule has 2 aromatic carbocycles. The molecule has 11 nitrogen and oxygen atoms in total. The molecular formula is C25H34NNaO10S. The molecule has 1 aliphatic rings. The van der Waals surface area contributed by atoms with Crippen molar-refractivity contribution in [2.75, 3.05) is 26.9 Å². The van der Waals surface area contributed by atoms with E-state index in [-0.39, 0.29) is 56.0 Å². The van der Waals surface area contributed by atoms with Gasteiger partial charge in [-0.2, -0.15) is 13.1 Å². The van der Waals surface area contributed by atoms with Crippen LogP contribution in [0.2, 0.25) is 0 Å².